The smallest absolute Gasteiger partial charge is 0.332 e. The fraction of sp³-hybridized carbons (Fsp3) is 0.333. The van der Waals surface area contributed by atoms with Crippen LogP contribution in [0.2, 0.25) is 0 Å². The second-order valence-electron chi connectivity index (χ2n) is 5.90. The number of carbonyl (C=O) groups is 2. The fourth-order valence-electron chi connectivity index (χ4n) is 2.94. The molecule has 0 aliphatic carbocycles. The van der Waals surface area contributed by atoms with Crippen molar-refractivity contribution in [1.29, 1.82) is 0 Å². The lowest BCUT2D eigenvalue weighted by atomic mass is 10.1. The summed E-state index contributed by atoms with van der Waals surface area (Å²) in [6.45, 7) is 0.473. The first-order valence-electron chi connectivity index (χ1n) is 7.65. The van der Waals surface area contributed by atoms with Crippen molar-refractivity contribution in [3.8, 4) is 0 Å². The van der Waals surface area contributed by atoms with Crippen molar-refractivity contribution in [2.75, 3.05) is 7.05 Å². The van der Waals surface area contributed by atoms with Crippen molar-refractivity contribution < 1.29 is 19.4 Å². The Balaban J connectivity index is 1.67. The molecule has 3 rings (SSSR count). The Kier molecular flexibility index (Phi) is 4.30. The number of aliphatic carboxylic acids is 1. The molecule has 0 spiro atoms. The van der Waals surface area contributed by atoms with Gasteiger partial charge in [-0.2, -0.15) is 0 Å². The minimum atomic E-state index is -1.00. The largest absolute Gasteiger partial charge is 0.479 e. The molecule has 2 aromatic carbocycles. The number of benzene rings is 2. The third-order valence-corrected chi connectivity index (χ3v) is 4.18. The SMILES string of the molecule is CN(Cc1ccc2ccccc2c1)C(=O)[C@@H]1CC[C@H](C(=O)O)O1. The molecule has 0 bridgehead atoms. The summed E-state index contributed by atoms with van der Waals surface area (Å²) < 4.78 is 5.32. The van der Waals surface area contributed by atoms with Gasteiger partial charge in [0.25, 0.3) is 5.91 Å². The zero-order valence-corrected chi connectivity index (χ0v) is 12.9. The monoisotopic (exact) mass is 313 g/mol. The topological polar surface area (TPSA) is 66.8 Å². The van der Waals surface area contributed by atoms with E-state index < -0.39 is 18.2 Å². The van der Waals surface area contributed by atoms with Gasteiger partial charge in [-0.05, 0) is 35.2 Å². The minimum absolute atomic E-state index is 0.165. The standard InChI is InChI=1S/C18H19NO4/c1-19(17(20)15-8-9-16(23-15)18(21)22)11-12-6-7-13-4-2-3-5-14(13)10-12/h2-7,10,15-16H,8-9,11H2,1H3,(H,21,22)/t15-,16+/m0/s1. The van der Waals surface area contributed by atoms with Gasteiger partial charge in [0, 0.05) is 13.6 Å². The molecular weight excluding hydrogens is 294 g/mol. The first-order chi connectivity index (χ1) is 11.0. The van der Waals surface area contributed by atoms with Gasteiger partial charge in [0.2, 0.25) is 0 Å². The van der Waals surface area contributed by atoms with Gasteiger partial charge in [-0.25, -0.2) is 4.79 Å². The normalized spacial score (nSPS) is 20.6. The number of likely N-dealkylation sites (N-methyl/N-ethyl adjacent to an activating group) is 1. The number of rotatable bonds is 4. The summed E-state index contributed by atoms with van der Waals surface area (Å²) in [7, 11) is 1.72. The molecule has 5 nitrogen and oxygen atoms in total. The summed E-state index contributed by atoms with van der Waals surface area (Å²) in [5.41, 5.74) is 1.03. The van der Waals surface area contributed by atoms with Gasteiger partial charge >= 0.3 is 5.97 Å². The van der Waals surface area contributed by atoms with Crippen molar-refractivity contribution in [3.05, 3.63) is 48.0 Å². The number of carboxylic acids is 1. The van der Waals surface area contributed by atoms with Crippen LogP contribution in [-0.4, -0.2) is 41.1 Å². The number of nitrogens with zero attached hydrogens (tertiary/aromatic N) is 1. The number of hydrogen-bond acceptors (Lipinski definition) is 3. The zero-order valence-electron chi connectivity index (χ0n) is 12.9. The van der Waals surface area contributed by atoms with Crippen LogP contribution in [0.4, 0.5) is 0 Å². The van der Waals surface area contributed by atoms with E-state index in [0.29, 0.717) is 19.4 Å². The Morgan fingerprint density at radius 2 is 1.83 bits per heavy atom. The van der Waals surface area contributed by atoms with Crippen LogP contribution in [0.3, 0.4) is 0 Å². The highest BCUT2D eigenvalue weighted by Gasteiger charge is 2.35. The van der Waals surface area contributed by atoms with Crippen molar-refractivity contribution in [2.24, 2.45) is 0 Å². The van der Waals surface area contributed by atoms with Crippen LogP contribution in [0, 0.1) is 0 Å². The van der Waals surface area contributed by atoms with Crippen LogP contribution >= 0.6 is 0 Å². The van der Waals surface area contributed by atoms with E-state index in [0.717, 1.165) is 16.3 Å². The third-order valence-electron chi connectivity index (χ3n) is 4.18. The van der Waals surface area contributed by atoms with Crippen LogP contribution in [0.25, 0.3) is 10.8 Å². The van der Waals surface area contributed by atoms with Gasteiger partial charge < -0.3 is 14.7 Å². The molecule has 23 heavy (non-hydrogen) atoms. The highest BCUT2D eigenvalue weighted by molar-refractivity contribution is 5.84. The summed E-state index contributed by atoms with van der Waals surface area (Å²) in [5, 5.41) is 11.2. The Labute approximate surface area is 134 Å². The maximum Gasteiger partial charge on any atom is 0.332 e. The molecule has 1 saturated heterocycles. The van der Waals surface area contributed by atoms with Crippen molar-refractivity contribution in [3.63, 3.8) is 0 Å². The van der Waals surface area contributed by atoms with Gasteiger partial charge in [0.1, 0.15) is 6.10 Å². The second kappa shape index (κ2) is 6.38. The molecule has 1 N–H and O–H groups in total. The first kappa shape index (κ1) is 15.5. The second-order valence-corrected chi connectivity index (χ2v) is 5.90. The minimum Gasteiger partial charge on any atom is -0.479 e. The van der Waals surface area contributed by atoms with Crippen molar-refractivity contribution in [2.45, 2.75) is 31.6 Å². The molecule has 1 fully saturated rings. The van der Waals surface area contributed by atoms with E-state index in [1.54, 1.807) is 11.9 Å². The maximum atomic E-state index is 12.4. The zero-order chi connectivity index (χ0) is 16.4. The molecule has 1 heterocycles. The van der Waals surface area contributed by atoms with E-state index in [1.165, 1.54) is 0 Å². The van der Waals surface area contributed by atoms with Gasteiger partial charge in [0.15, 0.2) is 6.10 Å². The average molecular weight is 313 g/mol. The molecule has 120 valence electrons. The predicted octanol–water partition coefficient (Wildman–Crippen LogP) is 2.43. The summed E-state index contributed by atoms with van der Waals surface area (Å²) in [4.78, 5) is 24.9. The van der Waals surface area contributed by atoms with E-state index in [-0.39, 0.29) is 5.91 Å². The summed E-state index contributed by atoms with van der Waals surface area (Å²) in [5.74, 6) is -1.17. The first-order valence-corrected chi connectivity index (χ1v) is 7.65. The van der Waals surface area contributed by atoms with Crippen LogP contribution in [0.15, 0.2) is 42.5 Å². The number of fused-ring (bicyclic) bond motifs is 1. The number of carbonyl (C=O) groups excluding carboxylic acids is 1. The quantitative estimate of drug-likeness (QED) is 0.941. The Bertz CT molecular complexity index is 743. The highest BCUT2D eigenvalue weighted by atomic mass is 16.5. The molecule has 5 heteroatoms. The molecule has 2 aromatic rings. The van der Waals surface area contributed by atoms with Crippen LogP contribution in [0.1, 0.15) is 18.4 Å². The molecule has 2 atom stereocenters. The Hall–Kier alpha value is -2.40. The lowest BCUT2D eigenvalue weighted by molar-refractivity contribution is -0.154. The van der Waals surface area contributed by atoms with Crippen LogP contribution in [0.5, 0.6) is 0 Å². The summed E-state index contributed by atoms with van der Waals surface area (Å²) in [6, 6.07) is 14.2. The van der Waals surface area contributed by atoms with Crippen LogP contribution in [-0.2, 0) is 20.9 Å². The van der Waals surface area contributed by atoms with Gasteiger partial charge in [-0.1, -0.05) is 36.4 Å². The Morgan fingerprint density at radius 3 is 2.52 bits per heavy atom. The molecule has 0 aromatic heterocycles. The highest BCUT2D eigenvalue weighted by Crippen LogP contribution is 2.22. The van der Waals surface area contributed by atoms with Crippen molar-refractivity contribution in [1.82, 2.24) is 4.90 Å². The van der Waals surface area contributed by atoms with E-state index in [2.05, 4.69) is 6.07 Å². The summed E-state index contributed by atoms with van der Waals surface area (Å²) in [6.07, 6.45) is -0.674. The lowest BCUT2D eigenvalue weighted by Crippen LogP contribution is -2.36. The molecule has 1 amide bonds. The number of amides is 1. The van der Waals surface area contributed by atoms with Gasteiger partial charge in [-0.15, -0.1) is 0 Å². The Morgan fingerprint density at radius 1 is 1.13 bits per heavy atom. The van der Waals surface area contributed by atoms with Crippen LogP contribution < -0.4 is 0 Å². The average Bonchev–Trinajstić information content (AvgIpc) is 3.04. The molecular formula is C18H19NO4. The van der Waals surface area contributed by atoms with E-state index in [4.69, 9.17) is 9.84 Å². The number of hydrogen-bond donors (Lipinski definition) is 1. The third kappa shape index (κ3) is 3.35. The van der Waals surface area contributed by atoms with Gasteiger partial charge in [-0.3, -0.25) is 4.79 Å². The number of ether oxygens (including phenoxy) is 1. The lowest BCUT2D eigenvalue weighted by Gasteiger charge is -2.21. The summed E-state index contributed by atoms with van der Waals surface area (Å²) >= 11 is 0. The maximum absolute atomic E-state index is 12.4. The van der Waals surface area contributed by atoms with Crippen molar-refractivity contribution >= 4 is 22.6 Å². The molecule has 0 unspecified atom stereocenters. The van der Waals surface area contributed by atoms with E-state index in [1.807, 2.05) is 36.4 Å². The molecule has 1 aliphatic heterocycles. The van der Waals surface area contributed by atoms with Gasteiger partial charge in [0.05, 0.1) is 0 Å². The molecule has 0 saturated carbocycles. The number of carboxylic acid groups (broad SMARTS) is 1. The van der Waals surface area contributed by atoms with E-state index >= 15 is 0 Å². The van der Waals surface area contributed by atoms with E-state index in [9.17, 15) is 9.59 Å². The predicted molar refractivity (Wildman–Crippen MR) is 86.0 cm³/mol. The molecule has 0 radical (unpaired) electrons. The fourth-order valence-corrected chi connectivity index (χ4v) is 2.94. The molecule has 1 aliphatic rings.